The van der Waals surface area contributed by atoms with E-state index in [1.807, 2.05) is 0 Å². The molecule has 2 aromatic rings. The number of nitrogens with zero attached hydrogens (tertiary/aromatic N) is 4. The number of nitrogens with two attached hydrogens (primary N) is 1. The average Bonchev–Trinajstić information content (AvgIpc) is 3.03. The minimum Gasteiger partial charge on any atom is -0.348 e. The van der Waals surface area contributed by atoms with Crippen molar-refractivity contribution in [1.29, 1.82) is 0 Å². The summed E-state index contributed by atoms with van der Waals surface area (Å²) in [5.74, 6) is -0.00986. The van der Waals surface area contributed by atoms with E-state index in [-0.39, 0.29) is 29.2 Å². The molecule has 3 rings (SSSR count). The summed E-state index contributed by atoms with van der Waals surface area (Å²) >= 11 is 0. The van der Waals surface area contributed by atoms with E-state index in [1.165, 1.54) is 16.8 Å². The molecule has 1 aliphatic carbocycles. The number of nitro benzene ring substituents is 1. The first-order valence-corrected chi connectivity index (χ1v) is 8.69. The molecule has 1 aromatic heterocycles. The number of hydrogen-bond donors (Lipinski definition) is 2. The van der Waals surface area contributed by atoms with Gasteiger partial charge in [0.05, 0.1) is 16.3 Å². The highest BCUT2D eigenvalue weighted by Gasteiger charge is 2.27. The number of non-ortho nitro benzene ring substituents is 1. The van der Waals surface area contributed by atoms with E-state index in [9.17, 15) is 14.9 Å². The number of nitrogens with one attached hydrogen (secondary N) is 1. The largest absolute Gasteiger partial charge is 0.348 e. The third-order valence-electron chi connectivity index (χ3n) is 4.92. The summed E-state index contributed by atoms with van der Waals surface area (Å²) in [7, 11) is 0. The standard InChI is InChI=1S/C17H22N6O3/c1-11-16(17(24)19-15-8-3-2-5-12(15)10-18)20-21-22(11)13-6-4-7-14(9-13)23(25)26/h4,6-7,9,12,15H,2-3,5,8,10,18H2,1H3,(H,19,24). The summed E-state index contributed by atoms with van der Waals surface area (Å²) in [6.45, 7) is 2.26. The Morgan fingerprint density at radius 3 is 2.92 bits per heavy atom. The van der Waals surface area contributed by atoms with Gasteiger partial charge in [0, 0.05) is 18.2 Å². The van der Waals surface area contributed by atoms with E-state index in [0.717, 1.165) is 25.7 Å². The molecule has 2 unspecified atom stereocenters. The van der Waals surface area contributed by atoms with Crippen molar-refractivity contribution in [1.82, 2.24) is 20.3 Å². The van der Waals surface area contributed by atoms with Crippen molar-refractivity contribution in [3.05, 3.63) is 45.8 Å². The van der Waals surface area contributed by atoms with Gasteiger partial charge in [0.15, 0.2) is 5.69 Å². The zero-order valence-electron chi connectivity index (χ0n) is 14.6. The number of carbonyl (C=O) groups excluding carboxylic acids is 1. The summed E-state index contributed by atoms with van der Waals surface area (Å²) in [6.07, 6.45) is 4.13. The molecule has 0 radical (unpaired) electrons. The molecule has 1 aliphatic rings. The van der Waals surface area contributed by atoms with Crippen LogP contribution in [0.2, 0.25) is 0 Å². The molecule has 26 heavy (non-hydrogen) atoms. The highest BCUT2D eigenvalue weighted by atomic mass is 16.6. The first kappa shape index (κ1) is 18.0. The summed E-state index contributed by atoms with van der Waals surface area (Å²) in [5.41, 5.74) is 7.01. The molecule has 9 nitrogen and oxygen atoms in total. The third-order valence-corrected chi connectivity index (χ3v) is 4.92. The Kier molecular flexibility index (Phi) is 5.27. The fourth-order valence-electron chi connectivity index (χ4n) is 3.44. The Morgan fingerprint density at radius 1 is 1.42 bits per heavy atom. The lowest BCUT2D eigenvalue weighted by Crippen LogP contribution is -2.45. The van der Waals surface area contributed by atoms with Gasteiger partial charge in [-0.2, -0.15) is 0 Å². The number of rotatable bonds is 5. The molecule has 0 saturated heterocycles. The summed E-state index contributed by atoms with van der Waals surface area (Å²) < 4.78 is 1.43. The molecule has 0 aliphatic heterocycles. The lowest BCUT2D eigenvalue weighted by atomic mass is 9.84. The van der Waals surface area contributed by atoms with Gasteiger partial charge in [0.25, 0.3) is 11.6 Å². The fourth-order valence-corrected chi connectivity index (χ4v) is 3.44. The quantitative estimate of drug-likeness (QED) is 0.618. The van der Waals surface area contributed by atoms with Gasteiger partial charge in [-0.05, 0) is 38.3 Å². The van der Waals surface area contributed by atoms with Crippen molar-refractivity contribution < 1.29 is 9.72 Å². The average molecular weight is 358 g/mol. The van der Waals surface area contributed by atoms with Crippen molar-refractivity contribution in [2.24, 2.45) is 11.7 Å². The van der Waals surface area contributed by atoms with Crippen molar-refractivity contribution in [2.75, 3.05) is 6.54 Å². The van der Waals surface area contributed by atoms with Crippen LogP contribution >= 0.6 is 0 Å². The predicted molar refractivity (Wildman–Crippen MR) is 95.0 cm³/mol. The van der Waals surface area contributed by atoms with Gasteiger partial charge in [-0.25, -0.2) is 4.68 Å². The second kappa shape index (κ2) is 7.61. The summed E-state index contributed by atoms with van der Waals surface area (Å²) in [4.78, 5) is 23.1. The zero-order valence-corrected chi connectivity index (χ0v) is 14.6. The van der Waals surface area contributed by atoms with E-state index in [0.29, 0.717) is 17.9 Å². The van der Waals surface area contributed by atoms with Crippen LogP contribution in [0.4, 0.5) is 5.69 Å². The summed E-state index contributed by atoms with van der Waals surface area (Å²) in [5, 5.41) is 22.0. The van der Waals surface area contributed by atoms with Gasteiger partial charge >= 0.3 is 0 Å². The topological polar surface area (TPSA) is 129 Å². The molecule has 1 saturated carbocycles. The van der Waals surface area contributed by atoms with Gasteiger partial charge < -0.3 is 11.1 Å². The van der Waals surface area contributed by atoms with E-state index in [1.54, 1.807) is 19.1 Å². The van der Waals surface area contributed by atoms with E-state index in [2.05, 4.69) is 15.6 Å². The lowest BCUT2D eigenvalue weighted by molar-refractivity contribution is -0.384. The van der Waals surface area contributed by atoms with Crippen LogP contribution in [0, 0.1) is 23.0 Å². The first-order valence-electron chi connectivity index (χ1n) is 8.69. The Balaban J connectivity index is 1.81. The van der Waals surface area contributed by atoms with Gasteiger partial charge in [0.1, 0.15) is 0 Å². The van der Waals surface area contributed by atoms with Gasteiger partial charge in [0.2, 0.25) is 0 Å². The SMILES string of the molecule is Cc1c(C(=O)NC2CCCCC2CN)nnn1-c1cccc([N+](=O)[O-])c1. The van der Waals surface area contributed by atoms with Crippen LogP contribution in [0.5, 0.6) is 0 Å². The number of nitro groups is 1. The monoisotopic (exact) mass is 358 g/mol. The molecule has 9 heteroatoms. The number of hydrogen-bond acceptors (Lipinski definition) is 6. The normalized spacial score (nSPS) is 19.9. The molecule has 1 aromatic carbocycles. The molecule has 2 atom stereocenters. The van der Waals surface area contributed by atoms with Crippen molar-refractivity contribution in [2.45, 2.75) is 38.6 Å². The zero-order chi connectivity index (χ0) is 18.7. The molecular formula is C17H22N6O3. The molecule has 138 valence electrons. The van der Waals surface area contributed by atoms with Gasteiger partial charge in [-0.1, -0.05) is 24.1 Å². The fraction of sp³-hybridized carbons (Fsp3) is 0.471. The van der Waals surface area contributed by atoms with Crippen molar-refractivity contribution in [3.8, 4) is 5.69 Å². The van der Waals surface area contributed by atoms with Crippen LogP contribution in [0.1, 0.15) is 41.9 Å². The molecule has 1 fully saturated rings. The Morgan fingerprint density at radius 2 is 2.19 bits per heavy atom. The van der Waals surface area contributed by atoms with Crippen LogP contribution in [0.25, 0.3) is 5.69 Å². The van der Waals surface area contributed by atoms with Crippen molar-refractivity contribution >= 4 is 11.6 Å². The molecular weight excluding hydrogens is 336 g/mol. The third kappa shape index (κ3) is 3.57. The molecule has 0 bridgehead atoms. The Bertz CT molecular complexity index is 819. The minimum absolute atomic E-state index is 0.0450. The number of amides is 1. The summed E-state index contributed by atoms with van der Waals surface area (Å²) in [6, 6.07) is 6.10. The highest BCUT2D eigenvalue weighted by Crippen LogP contribution is 2.24. The molecule has 3 N–H and O–H groups in total. The number of aromatic nitrogens is 3. The van der Waals surface area contributed by atoms with Crippen LogP contribution in [-0.2, 0) is 0 Å². The van der Waals surface area contributed by atoms with E-state index >= 15 is 0 Å². The Hall–Kier alpha value is -2.81. The first-order chi connectivity index (χ1) is 12.5. The van der Waals surface area contributed by atoms with Gasteiger partial charge in [-0.15, -0.1) is 5.10 Å². The number of benzene rings is 1. The van der Waals surface area contributed by atoms with Crippen LogP contribution in [0.3, 0.4) is 0 Å². The minimum atomic E-state index is -0.473. The maximum absolute atomic E-state index is 12.6. The van der Waals surface area contributed by atoms with Crippen LogP contribution in [-0.4, -0.2) is 38.4 Å². The Labute approximate surface area is 150 Å². The smallest absolute Gasteiger partial charge is 0.273 e. The molecule has 1 heterocycles. The van der Waals surface area contributed by atoms with Crippen LogP contribution < -0.4 is 11.1 Å². The molecule has 0 spiro atoms. The van der Waals surface area contributed by atoms with Crippen molar-refractivity contribution in [3.63, 3.8) is 0 Å². The maximum Gasteiger partial charge on any atom is 0.273 e. The number of carbonyl (C=O) groups is 1. The van der Waals surface area contributed by atoms with E-state index in [4.69, 9.17) is 5.73 Å². The van der Waals surface area contributed by atoms with Gasteiger partial charge in [-0.3, -0.25) is 14.9 Å². The molecule has 1 amide bonds. The van der Waals surface area contributed by atoms with Crippen LogP contribution in [0.15, 0.2) is 24.3 Å². The lowest BCUT2D eigenvalue weighted by Gasteiger charge is -2.31. The second-order valence-corrected chi connectivity index (χ2v) is 6.57. The highest BCUT2D eigenvalue weighted by molar-refractivity contribution is 5.93. The second-order valence-electron chi connectivity index (χ2n) is 6.57. The maximum atomic E-state index is 12.6. The van der Waals surface area contributed by atoms with E-state index < -0.39 is 4.92 Å². The predicted octanol–water partition coefficient (Wildman–Crippen LogP) is 1.73.